The van der Waals surface area contributed by atoms with E-state index in [-0.39, 0.29) is 5.97 Å². The third kappa shape index (κ3) is 2.86. The van der Waals surface area contributed by atoms with Gasteiger partial charge in [0, 0.05) is 19.1 Å². The maximum atomic E-state index is 12.0. The highest BCUT2D eigenvalue weighted by Crippen LogP contribution is 2.31. The first kappa shape index (κ1) is 13.4. The van der Waals surface area contributed by atoms with Crippen molar-refractivity contribution in [3.63, 3.8) is 0 Å². The predicted molar refractivity (Wildman–Crippen MR) is 71.2 cm³/mol. The van der Waals surface area contributed by atoms with Crippen LogP contribution < -0.4 is 0 Å². The maximum absolute atomic E-state index is 12.0. The summed E-state index contributed by atoms with van der Waals surface area (Å²) in [6.07, 6.45) is 5.47. The molecule has 0 aromatic heterocycles. The molecule has 0 saturated carbocycles. The van der Waals surface area contributed by atoms with Gasteiger partial charge in [0.25, 0.3) is 0 Å². The molecule has 1 unspecified atom stereocenters. The van der Waals surface area contributed by atoms with Gasteiger partial charge in [0.2, 0.25) is 0 Å². The SMILES string of the molecule is CCN(CC)CCOC(=O)C1=CCCC2CCN12. The Morgan fingerprint density at radius 2 is 2.22 bits per heavy atom. The van der Waals surface area contributed by atoms with E-state index in [0.717, 1.165) is 38.3 Å². The molecule has 0 aromatic rings. The van der Waals surface area contributed by atoms with E-state index in [0.29, 0.717) is 12.6 Å². The number of likely N-dealkylation sites (N-methyl/N-ethyl adjacent to an activating group) is 1. The zero-order valence-corrected chi connectivity index (χ0v) is 11.5. The van der Waals surface area contributed by atoms with Crippen LogP contribution in [0.2, 0.25) is 0 Å². The number of ether oxygens (including phenoxy) is 1. The number of carbonyl (C=O) groups is 1. The molecule has 2 heterocycles. The van der Waals surface area contributed by atoms with Gasteiger partial charge >= 0.3 is 5.97 Å². The second-order valence-corrected chi connectivity index (χ2v) is 4.97. The van der Waals surface area contributed by atoms with Crippen molar-refractivity contribution in [3.05, 3.63) is 11.8 Å². The van der Waals surface area contributed by atoms with Gasteiger partial charge < -0.3 is 14.5 Å². The molecular weight excluding hydrogens is 228 g/mol. The van der Waals surface area contributed by atoms with Crippen molar-refractivity contribution in [2.75, 3.05) is 32.8 Å². The minimum absolute atomic E-state index is 0.133. The van der Waals surface area contributed by atoms with Gasteiger partial charge in [0.1, 0.15) is 12.3 Å². The molecule has 0 amide bonds. The summed E-state index contributed by atoms with van der Waals surface area (Å²) in [6.45, 7) is 8.60. The van der Waals surface area contributed by atoms with Crippen LogP contribution in [0.15, 0.2) is 11.8 Å². The van der Waals surface area contributed by atoms with E-state index in [1.807, 2.05) is 6.08 Å². The van der Waals surface area contributed by atoms with E-state index in [1.165, 1.54) is 12.8 Å². The first-order valence-corrected chi connectivity index (χ1v) is 7.12. The summed E-state index contributed by atoms with van der Waals surface area (Å²) in [5.41, 5.74) is 0.803. The topological polar surface area (TPSA) is 32.8 Å². The Bertz CT molecular complexity index is 324. The van der Waals surface area contributed by atoms with Gasteiger partial charge in [0.15, 0.2) is 0 Å². The van der Waals surface area contributed by atoms with Crippen molar-refractivity contribution in [2.45, 2.75) is 39.2 Å². The highest BCUT2D eigenvalue weighted by molar-refractivity contribution is 5.88. The molecular formula is C14H24N2O2. The summed E-state index contributed by atoms with van der Waals surface area (Å²) in [5.74, 6) is -0.133. The summed E-state index contributed by atoms with van der Waals surface area (Å²) in [4.78, 5) is 16.5. The Morgan fingerprint density at radius 3 is 2.83 bits per heavy atom. The third-order valence-corrected chi connectivity index (χ3v) is 4.04. The molecule has 0 aliphatic carbocycles. The quantitative estimate of drug-likeness (QED) is 0.673. The first-order chi connectivity index (χ1) is 8.76. The van der Waals surface area contributed by atoms with Crippen LogP contribution in [0.4, 0.5) is 0 Å². The van der Waals surface area contributed by atoms with Crippen LogP contribution in [0.5, 0.6) is 0 Å². The normalized spacial score (nSPS) is 22.3. The highest BCUT2D eigenvalue weighted by Gasteiger charge is 2.35. The molecule has 18 heavy (non-hydrogen) atoms. The van der Waals surface area contributed by atoms with Crippen LogP contribution in [-0.4, -0.2) is 54.6 Å². The lowest BCUT2D eigenvalue weighted by Gasteiger charge is -2.45. The zero-order chi connectivity index (χ0) is 13.0. The van der Waals surface area contributed by atoms with Crippen LogP contribution in [0.25, 0.3) is 0 Å². The number of nitrogens with zero attached hydrogens (tertiary/aromatic N) is 2. The van der Waals surface area contributed by atoms with Crippen LogP contribution in [-0.2, 0) is 9.53 Å². The van der Waals surface area contributed by atoms with Crippen LogP contribution >= 0.6 is 0 Å². The van der Waals surface area contributed by atoms with Crippen molar-refractivity contribution in [1.82, 2.24) is 9.80 Å². The molecule has 2 aliphatic rings. The monoisotopic (exact) mass is 252 g/mol. The summed E-state index contributed by atoms with van der Waals surface area (Å²) >= 11 is 0. The molecule has 102 valence electrons. The molecule has 1 saturated heterocycles. The smallest absolute Gasteiger partial charge is 0.354 e. The van der Waals surface area contributed by atoms with E-state index in [1.54, 1.807) is 0 Å². The van der Waals surface area contributed by atoms with Crippen molar-refractivity contribution in [1.29, 1.82) is 0 Å². The molecule has 0 radical (unpaired) electrons. The van der Waals surface area contributed by atoms with Crippen molar-refractivity contribution >= 4 is 5.97 Å². The Hall–Kier alpha value is -1.03. The van der Waals surface area contributed by atoms with Crippen molar-refractivity contribution < 1.29 is 9.53 Å². The first-order valence-electron chi connectivity index (χ1n) is 7.12. The molecule has 0 N–H and O–H groups in total. The minimum Gasteiger partial charge on any atom is -0.460 e. The van der Waals surface area contributed by atoms with Gasteiger partial charge in [-0.2, -0.15) is 0 Å². The van der Waals surface area contributed by atoms with E-state index >= 15 is 0 Å². The maximum Gasteiger partial charge on any atom is 0.354 e. The molecule has 2 rings (SSSR count). The Balaban J connectivity index is 1.76. The lowest BCUT2D eigenvalue weighted by Crippen LogP contribution is -2.50. The third-order valence-electron chi connectivity index (χ3n) is 4.04. The van der Waals surface area contributed by atoms with E-state index in [9.17, 15) is 4.79 Å². The molecule has 0 bridgehead atoms. The fourth-order valence-corrected chi connectivity index (χ4v) is 2.67. The number of hydrogen-bond acceptors (Lipinski definition) is 4. The van der Waals surface area contributed by atoms with Crippen molar-refractivity contribution in [3.8, 4) is 0 Å². The number of fused-ring (bicyclic) bond motifs is 1. The Labute approximate surface area is 110 Å². The average molecular weight is 252 g/mol. The molecule has 4 nitrogen and oxygen atoms in total. The molecule has 1 fully saturated rings. The average Bonchev–Trinajstić information content (AvgIpc) is 2.35. The van der Waals surface area contributed by atoms with Gasteiger partial charge in [-0.3, -0.25) is 0 Å². The number of esters is 1. The molecule has 2 aliphatic heterocycles. The van der Waals surface area contributed by atoms with Gasteiger partial charge in [0.05, 0.1) is 0 Å². The second-order valence-electron chi connectivity index (χ2n) is 4.97. The van der Waals surface area contributed by atoms with Crippen LogP contribution in [0, 0.1) is 0 Å². The number of allylic oxidation sites excluding steroid dienone is 1. The number of rotatable bonds is 6. The highest BCUT2D eigenvalue weighted by atomic mass is 16.5. The Morgan fingerprint density at radius 1 is 1.44 bits per heavy atom. The fraction of sp³-hybridized carbons (Fsp3) is 0.786. The summed E-state index contributed by atoms with van der Waals surface area (Å²) in [6, 6.07) is 0.598. The standard InChI is InChI=1S/C14H24N2O2/c1-3-15(4-2)10-11-18-14(17)13-7-5-6-12-8-9-16(12)13/h7,12H,3-6,8-11H2,1-2H3. The van der Waals surface area contributed by atoms with E-state index in [4.69, 9.17) is 4.74 Å². The lowest BCUT2D eigenvalue weighted by atomic mass is 9.93. The summed E-state index contributed by atoms with van der Waals surface area (Å²) in [5, 5.41) is 0. The summed E-state index contributed by atoms with van der Waals surface area (Å²) in [7, 11) is 0. The fourth-order valence-electron chi connectivity index (χ4n) is 2.67. The lowest BCUT2D eigenvalue weighted by molar-refractivity contribution is -0.143. The molecule has 0 aromatic carbocycles. The van der Waals surface area contributed by atoms with Crippen LogP contribution in [0.1, 0.15) is 33.1 Å². The van der Waals surface area contributed by atoms with E-state index in [2.05, 4.69) is 23.6 Å². The zero-order valence-electron chi connectivity index (χ0n) is 11.5. The molecule has 4 heteroatoms. The van der Waals surface area contributed by atoms with Gasteiger partial charge in [-0.05, 0) is 32.4 Å². The van der Waals surface area contributed by atoms with Crippen molar-refractivity contribution in [2.24, 2.45) is 0 Å². The molecule has 1 atom stereocenters. The predicted octanol–water partition coefficient (Wildman–Crippen LogP) is 1.62. The summed E-state index contributed by atoms with van der Waals surface area (Å²) < 4.78 is 5.38. The van der Waals surface area contributed by atoms with E-state index < -0.39 is 0 Å². The number of carbonyl (C=O) groups excluding carboxylic acids is 1. The minimum atomic E-state index is -0.133. The van der Waals surface area contributed by atoms with Crippen LogP contribution in [0.3, 0.4) is 0 Å². The van der Waals surface area contributed by atoms with Gasteiger partial charge in [-0.15, -0.1) is 0 Å². The largest absolute Gasteiger partial charge is 0.460 e. The second kappa shape index (κ2) is 6.23. The van der Waals surface area contributed by atoms with Gasteiger partial charge in [-0.1, -0.05) is 19.9 Å². The number of hydrogen-bond donors (Lipinski definition) is 0. The molecule has 0 spiro atoms. The Kier molecular flexibility index (Phi) is 4.64. The van der Waals surface area contributed by atoms with Gasteiger partial charge in [-0.25, -0.2) is 4.79 Å².